The van der Waals surface area contributed by atoms with Gasteiger partial charge in [-0.05, 0) is 64.7 Å². The summed E-state index contributed by atoms with van der Waals surface area (Å²) in [5.74, 6) is 0.441. The number of piperidine rings is 1. The summed E-state index contributed by atoms with van der Waals surface area (Å²) in [5.41, 5.74) is -1.16. The number of allylic oxidation sites excluding steroid dienone is 1. The van der Waals surface area contributed by atoms with Crippen LogP contribution >= 0.6 is 7.60 Å². The van der Waals surface area contributed by atoms with Crippen molar-refractivity contribution in [1.29, 1.82) is 0 Å². The van der Waals surface area contributed by atoms with Crippen molar-refractivity contribution in [3.63, 3.8) is 0 Å². The predicted molar refractivity (Wildman–Crippen MR) is 110 cm³/mol. The van der Waals surface area contributed by atoms with E-state index in [1.54, 1.807) is 33.8 Å². The molecule has 0 spiro atoms. The molecule has 1 aliphatic rings. The summed E-state index contributed by atoms with van der Waals surface area (Å²) in [4.78, 5) is 45.3. The molecule has 1 fully saturated rings. The minimum Gasteiger partial charge on any atom is -0.464 e. The molecule has 2 unspecified atom stereocenters. The quantitative estimate of drug-likeness (QED) is 0.460. The van der Waals surface area contributed by atoms with Gasteiger partial charge in [-0.1, -0.05) is 19.9 Å². The fourth-order valence-electron chi connectivity index (χ4n) is 3.93. The Bertz CT molecular complexity index is 646. The van der Waals surface area contributed by atoms with Gasteiger partial charge in [-0.15, -0.1) is 0 Å². The Kier molecular flexibility index (Phi) is 8.93. The summed E-state index contributed by atoms with van der Waals surface area (Å²) in [6, 6.07) is -0.788. The van der Waals surface area contributed by atoms with Gasteiger partial charge in [0.15, 0.2) is 0 Å². The molecule has 9 heteroatoms. The minimum atomic E-state index is -4.29. The minimum absolute atomic E-state index is 0.0339. The van der Waals surface area contributed by atoms with Crippen molar-refractivity contribution in [3.05, 3.63) is 11.9 Å². The van der Waals surface area contributed by atoms with E-state index in [1.807, 2.05) is 13.8 Å². The summed E-state index contributed by atoms with van der Waals surface area (Å²) >= 11 is 0. The van der Waals surface area contributed by atoms with Crippen LogP contribution in [0.4, 0.5) is 4.79 Å². The standard InChI is InChI=1S/C20H36NO7P/c1-7-20(8-2,11-13-29(24,25)26)15-10-12-21(18(23)28-19(4,5)6)16(14-15)17(22)27-9-3/h11,13,15-16H,7-10,12,14H2,1-6H3,(H2,24,25,26). The number of hydrogen-bond donors (Lipinski definition) is 2. The van der Waals surface area contributed by atoms with Crippen molar-refractivity contribution < 1.29 is 33.4 Å². The summed E-state index contributed by atoms with van der Waals surface area (Å²) < 4.78 is 22.1. The van der Waals surface area contributed by atoms with Crippen LogP contribution in [0.25, 0.3) is 0 Å². The van der Waals surface area contributed by atoms with E-state index in [0.717, 1.165) is 5.82 Å². The Morgan fingerprint density at radius 3 is 2.21 bits per heavy atom. The molecule has 0 aromatic heterocycles. The van der Waals surface area contributed by atoms with E-state index in [1.165, 1.54) is 4.90 Å². The first-order valence-electron chi connectivity index (χ1n) is 10.2. The Labute approximate surface area is 173 Å². The lowest BCUT2D eigenvalue weighted by Crippen LogP contribution is -2.54. The molecule has 0 aliphatic carbocycles. The van der Waals surface area contributed by atoms with Crippen LogP contribution in [0, 0.1) is 11.3 Å². The maximum absolute atomic E-state index is 12.7. The Morgan fingerprint density at radius 2 is 1.76 bits per heavy atom. The van der Waals surface area contributed by atoms with Crippen LogP contribution in [0.15, 0.2) is 11.9 Å². The average molecular weight is 433 g/mol. The fraction of sp³-hybridized carbons (Fsp3) is 0.800. The summed E-state index contributed by atoms with van der Waals surface area (Å²) in [7, 11) is -4.29. The second-order valence-electron chi connectivity index (χ2n) is 8.51. The van der Waals surface area contributed by atoms with Gasteiger partial charge >= 0.3 is 19.7 Å². The maximum Gasteiger partial charge on any atom is 0.411 e. The largest absolute Gasteiger partial charge is 0.464 e. The molecule has 2 atom stereocenters. The molecule has 1 saturated heterocycles. The molecule has 0 bridgehead atoms. The lowest BCUT2D eigenvalue weighted by molar-refractivity contribution is -0.152. The molecule has 0 aromatic carbocycles. The monoisotopic (exact) mass is 433 g/mol. The van der Waals surface area contributed by atoms with E-state index in [9.17, 15) is 23.9 Å². The van der Waals surface area contributed by atoms with Crippen molar-refractivity contribution in [2.45, 2.75) is 78.9 Å². The Morgan fingerprint density at radius 1 is 1.17 bits per heavy atom. The van der Waals surface area contributed by atoms with Crippen LogP contribution in [0.2, 0.25) is 0 Å². The van der Waals surface area contributed by atoms with Gasteiger partial charge in [0.05, 0.1) is 6.61 Å². The number of hydrogen-bond acceptors (Lipinski definition) is 5. The van der Waals surface area contributed by atoms with E-state index in [2.05, 4.69) is 0 Å². The third kappa shape index (κ3) is 7.43. The van der Waals surface area contributed by atoms with Crippen LogP contribution in [-0.2, 0) is 18.8 Å². The fourth-order valence-corrected chi connectivity index (χ4v) is 4.42. The second kappa shape index (κ2) is 10.1. The van der Waals surface area contributed by atoms with Crippen LogP contribution < -0.4 is 0 Å². The van der Waals surface area contributed by atoms with Crippen molar-refractivity contribution in [2.24, 2.45) is 11.3 Å². The van der Waals surface area contributed by atoms with Gasteiger partial charge in [0.1, 0.15) is 11.6 Å². The molecule has 168 valence electrons. The van der Waals surface area contributed by atoms with Crippen LogP contribution in [0.1, 0.15) is 67.2 Å². The van der Waals surface area contributed by atoms with Crippen molar-refractivity contribution in [3.8, 4) is 0 Å². The van der Waals surface area contributed by atoms with E-state index in [4.69, 9.17) is 9.47 Å². The number of nitrogens with zero attached hydrogens (tertiary/aromatic N) is 1. The SMILES string of the molecule is CCOC(=O)C1CC(C(C=CP(=O)(O)O)(CC)CC)CCN1C(=O)OC(C)(C)C. The van der Waals surface area contributed by atoms with Crippen LogP contribution in [0.5, 0.6) is 0 Å². The first kappa shape index (κ1) is 25.7. The third-order valence-corrected chi connectivity index (χ3v) is 6.06. The van der Waals surface area contributed by atoms with Gasteiger partial charge in [-0.3, -0.25) is 9.46 Å². The van der Waals surface area contributed by atoms with Gasteiger partial charge in [-0.25, -0.2) is 9.59 Å². The molecule has 1 aliphatic heterocycles. The Balaban J connectivity index is 3.19. The maximum atomic E-state index is 12.7. The van der Waals surface area contributed by atoms with Crippen molar-refractivity contribution in [2.75, 3.05) is 13.2 Å². The van der Waals surface area contributed by atoms with Gasteiger partial charge in [-0.2, -0.15) is 0 Å². The normalized spacial score (nSPS) is 21.3. The first-order valence-corrected chi connectivity index (χ1v) is 11.9. The molecular formula is C20H36NO7P. The lowest BCUT2D eigenvalue weighted by Gasteiger charge is -2.45. The molecule has 0 saturated carbocycles. The van der Waals surface area contributed by atoms with E-state index < -0.39 is 36.7 Å². The van der Waals surface area contributed by atoms with Gasteiger partial charge in [0, 0.05) is 12.4 Å². The third-order valence-electron chi connectivity index (χ3n) is 5.52. The molecule has 0 radical (unpaired) electrons. The highest BCUT2D eigenvalue weighted by Crippen LogP contribution is 2.47. The van der Waals surface area contributed by atoms with Crippen LogP contribution in [0.3, 0.4) is 0 Å². The van der Waals surface area contributed by atoms with Crippen molar-refractivity contribution >= 4 is 19.7 Å². The van der Waals surface area contributed by atoms with Gasteiger partial charge < -0.3 is 19.3 Å². The first-order chi connectivity index (χ1) is 13.3. The molecule has 29 heavy (non-hydrogen) atoms. The number of esters is 1. The highest BCUT2D eigenvalue weighted by atomic mass is 31.2. The number of carbonyl (C=O) groups is 2. The van der Waals surface area contributed by atoms with Gasteiger partial charge in [0.25, 0.3) is 0 Å². The molecule has 1 amide bonds. The smallest absolute Gasteiger partial charge is 0.411 e. The summed E-state index contributed by atoms with van der Waals surface area (Å²) in [5, 5.41) is 0. The zero-order chi connectivity index (χ0) is 22.5. The topological polar surface area (TPSA) is 113 Å². The molecule has 2 N–H and O–H groups in total. The van der Waals surface area contributed by atoms with Crippen molar-refractivity contribution in [1.82, 2.24) is 4.90 Å². The predicted octanol–water partition coefficient (Wildman–Crippen LogP) is 4.06. The molecule has 1 heterocycles. The number of amides is 1. The van der Waals surface area contributed by atoms with E-state index >= 15 is 0 Å². The molecule has 0 aromatic rings. The second-order valence-corrected chi connectivity index (χ2v) is 9.98. The number of ether oxygens (including phenoxy) is 2. The highest BCUT2D eigenvalue weighted by Gasteiger charge is 2.45. The number of carbonyl (C=O) groups excluding carboxylic acids is 2. The molecule has 8 nitrogen and oxygen atoms in total. The highest BCUT2D eigenvalue weighted by molar-refractivity contribution is 7.55. The van der Waals surface area contributed by atoms with E-state index in [0.29, 0.717) is 32.2 Å². The molecule has 1 rings (SSSR count). The van der Waals surface area contributed by atoms with Gasteiger partial charge in [0.2, 0.25) is 0 Å². The summed E-state index contributed by atoms with van der Waals surface area (Å²) in [6.45, 7) is 11.5. The summed E-state index contributed by atoms with van der Waals surface area (Å²) in [6.07, 6.45) is 3.31. The Hall–Kier alpha value is -1.37. The lowest BCUT2D eigenvalue weighted by atomic mass is 9.66. The average Bonchev–Trinajstić information content (AvgIpc) is 2.60. The van der Waals surface area contributed by atoms with Crippen LogP contribution in [-0.4, -0.2) is 51.5 Å². The zero-order valence-corrected chi connectivity index (χ0v) is 19.3. The number of rotatable bonds is 7. The zero-order valence-electron chi connectivity index (χ0n) is 18.4. The number of likely N-dealkylation sites (tertiary alicyclic amines) is 1. The molecular weight excluding hydrogens is 397 g/mol. The van der Waals surface area contributed by atoms with E-state index in [-0.39, 0.29) is 12.5 Å².